The van der Waals surface area contributed by atoms with Crippen LogP contribution in [-0.4, -0.2) is 105 Å². The molecule has 10 atom stereocenters. The number of phosphoric ester groups is 1. The number of pyridine rings is 1. The molecule has 46 heavy (non-hydrogen) atoms. The minimum absolute atomic E-state index is 0.0833. The number of aliphatic hydroxyl groups is 1. The molecule has 0 aromatic carbocycles. The highest BCUT2D eigenvalue weighted by Gasteiger charge is 2.53. The largest absolute Gasteiger partial charge is 0.472 e. The number of fused-ring (bicyclic) bond motifs is 4. The van der Waals surface area contributed by atoms with Gasteiger partial charge in [0.25, 0.3) is 5.56 Å². The third kappa shape index (κ3) is 5.50. The number of imidazole rings is 2. The van der Waals surface area contributed by atoms with E-state index in [-0.39, 0.29) is 34.0 Å². The lowest BCUT2D eigenvalue weighted by Gasteiger charge is -2.24. The summed E-state index contributed by atoms with van der Waals surface area (Å²) in [5.74, 6) is -0.257. The topological polar surface area (TPSA) is 297 Å². The Bertz CT molecular complexity index is 1960. The molecule has 3 fully saturated rings. The molecule has 248 valence electrons. The van der Waals surface area contributed by atoms with Crippen LogP contribution in [0.1, 0.15) is 12.5 Å². The van der Waals surface area contributed by atoms with E-state index in [9.17, 15) is 28.8 Å². The second-order valence-corrected chi connectivity index (χ2v) is 13.8. The van der Waals surface area contributed by atoms with Crippen LogP contribution in [0.5, 0.6) is 0 Å². The molecule has 0 spiro atoms. The Labute approximate surface area is 255 Å². The number of phosphoric acid groups is 1. The van der Waals surface area contributed by atoms with Crippen molar-refractivity contribution in [3.05, 3.63) is 35.3 Å². The van der Waals surface area contributed by atoms with Gasteiger partial charge in [-0.1, -0.05) is 0 Å². The fraction of sp³-hybridized carbons (Fsp3) is 0.500. The SMILES string of the molecule is Nc1nc2c(ncn2[C@@H]2O[C@@H]3COCP(=O)(O)O[C@@H]4C(F)[C@H](n5cnc6c(N)ccnc65)O[C@@H]4COP(=O)(O)O[C@@H]3C2O)c(=O)[nH]1. The van der Waals surface area contributed by atoms with Crippen molar-refractivity contribution in [2.45, 2.75) is 49.1 Å². The van der Waals surface area contributed by atoms with Gasteiger partial charge in [-0.15, -0.1) is 0 Å². The molecule has 0 bridgehead atoms. The zero-order valence-electron chi connectivity index (χ0n) is 23.2. The van der Waals surface area contributed by atoms with E-state index >= 15 is 4.39 Å². The van der Waals surface area contributed by atoms with Crippen molar-refractivity contribution in [1.29, 1.82) is 0 Å². The van der Waals surface area contributed by atoms with Crippen LogP contribution in [0, 0.1) is 0 Å². The molecule has 21 nitrogen and oxygen atoms in total. The quantitative estimate of drug-likeness (QED) is 0.142. The monoisotopic (exact) mass is 689 g/mol. The van der Waals surface area contributed by atoms with Crippen LogP contribution in [0.25, 0.3) is 22.3 Å². The van der Waals surface area contributed by atoms with E-state index in [1.807, 2.05) is 0 Å². The van der Waals surface area contributed by atoms with Crippen molar-refractivity contribution < 1.29 is 56.2 Å². The maximum Gasteiger partial charge on any atom is 0.472 e. The molecular formula is C22H26FN9O12P2. The summed E-state index contributed by atoms with van der Waals surface area (Å²) >= 11 is 0. The maximum absolute atomic E-state index is 15.9. The van der Waals surface area contributed by atoms with Crippen LogP contribution in [0.4, 0.5) is 16.0 Å². The molecule has 3 aliphatic heterocycles. The lowest BCUT2D eigenvalue weighted by atomic mass is 10.1. The van der Waals surface area contributed by atoms with Crippen LogP contribution in [0.3, 0.4) is 0 Å². The number of hydrogen-bond donors (Lipinski definition) is 6. The van der Waals surface area contributed by atoms with Crippen molar-refractivity contribution in [2.24, 2.45) is 0 Å². The first-order valence-corrected chi connectivity index (χ1v) is 16.7. The Balaban J connectivity index is 1.16. The van der Waals surface area contributed by atoms with Crippen molar-refractivity contribution >= 4 is 49.4 Å². The van der Waals surface area contributed by atoms with Gasteiger partial charge in [-0.2, -0.15) is 4.98 Å². The summed E-state index contributed by atoms with van der Waals surface area (Å²) < 4.78 is 77.0. The van der Waals surface area contributed by atoms with E-state index in [1.165, 1.54) is 23.2 Å². The number of rotatable bonds is 2. The van der Waals surface area contributed by atoms with Crippen LogP contribution in [0.2, 0.25) is 0 Å². The zero-order chi connectivity index (χ0) is 32.5. The van der Waals surface area contributed by atoms with E-state index in [0.717, 1.165) is 10.9 Å². The number of alkyl halides is 1. The molecule has 0 saturated carbocycles. The number of nitrogen functional groups attached to an aromatic ring is 2. The second-order valence-electron chi connectivity index (χ2n) is 10.6. The Hall–Kier alpha value is -3.40. The molecule has 3 aliphatic rings. The van der Waals surface area contributed by atoms with E-state index in [2.05, 4.69) is 24.9 Å². The summed E-state index contributed by atoms with van der Waals surface area (Å²) in [4.78, 5) is 52.0. The smallest absolute Gasteiger partial charge is 0.397 e. The van der Waals surface area contributed by atoms with E-state index in [0.29, 0.717) is 0 Å². The fourth-order valence-electron chi connectivity index (χ4n) is 5.52. The van der Waals surface area contributed by atoms with Gasteiger partial charge in [0.2, 0.25) is 5.95 Å². The second kappa shape index (κ2) is 11.4. The molecule has 4 unspecified atom stereocenters. The number of aromatic amines is 1. The standard InChI is InChI=1S/C22H26FN9O12P2/c23-11-15-10(41-20(11)31-5-27-12-8(24)1-2-26-17(12)31)4-40-46(37,38)44-16-9(3-39-7-45(35,36)43-15)42-21(14(16)33)32-6-28-13-18(32)29-22(25)30-19(13)34/h1-2,5-6,9-11,14-16,20-21,33H,3-4,7H2,(H2,24,26)(H,35,36)(H,37,38)(H3,25,29,30,34)/t9-,10-,11?,14?,15+,16+,20-,21-/m1/s1. The number of nitrogens with zero attached hydrogens (tertiary/aromatic N) is 6. The number of nitrogens with one attached hydrogen (secondary N) is 1. The van der Waals surface area contributed by atoms with Gasteiger partial charge in [-0.05, 0) is 6.07 Å². The molecule has 8 N–H and O–H groups in total. The van der Waals surface area contributed by atoms with Crippen LogP contribution >= 0.6 is 15.4 Å². The normalized spacial score (nSPS) is 37.4. The van der Waals surface area contributed by atoms with Gasteiger partial charge in [-0.25, -0.2) is 23.9 Å². The first kappa shape index (κ1) is 31.2. The number of aromatic nitrogens is 7. The molecule has 4 aromatic heterocycles. The molecule has 24 heteroatoms. The molecular weight excluding hydrogens is 663 g/mol. The summed E-state index contributed by atoms with van der Waals surface area (Å²) in [5, 5.41) is 11.2. The highest BCUT2D eigenvalue weighted by atomic mass is 31.2. The third-order valence-electron chi connectivity index (χ3n) is 7.55. The van der Waals surface area contributed by atoms with Crippen molar-refractivity contribution in [3.8, 4) is 0 Å². The maximum atomic E-state index is 15.9. The Morgan fingerprint density at radius 3 is 2.43 bits per heavy atom. The summed E-state index contributed by atoms with van der Waals surface area (Å²) in [6.45, 7) is -1.45. The first-order chi connectivity index (χ1) is 21.8. The molecule has 0 aliphatic carbocycles. The predicted octanol–water partition coefficient (Wildman–Crippen LogP) is -0.717. The van der Waals surface area contributed by atoms with Crippen molar-refractivity contribution in [2.75, 3.05) is 31.0 Å². The predicted molar refractivity (Wildman–Crippen MR) is 149 cm³/mol. The van der Waals surface area contributed by atoms with Gasteiger partial charge in [0.1, 0.15) is 42.4 Å². The van der Waals surface area contributed by atoms with Gasteiger partial charge in [0.05, 0.1) is 31.6 Å². The molecule has 0 radical (unpaired) electrons. The van der Waals surface area contributed by atoms with E-state index in [4.69, 9.17) is 39.2 Å². The molecule has 7 heterocycles. The van der Waals surface area contributed by atoms with Crippen LogP contribution in [-0.2, 0) is 36.9 Å². The number of aliphatic hydroxyl groups excluding tert-OH is 1. The van der Waals surface area contributed by atoms with Crippen LogP contribution in [0.15, 0.2) is 29.7 Å². The Kier molecular flexibility index (Phi) is 7.73. The average molecular weight is 689 g/mol. The van der Waals surface area contributed by atoms with E-state index in [1.54, 1.807) is 0 Å². The fourth-order valence-corrected chi connectivity index (χ4v) is 7.51. The molecule has 4 aromatic rings. The summed E-state index contributed by atoms with van der Waals surface area (Å²) in [7, 11) is -9.84. The van der Waals surface area contributed by atoms with Crippen molar-refractivity contribution in [3.63, 3.8) is 0 Å². The number of nitrogens with two attached hydrogens (primary N) is 2. The third-order valence-corrected chi connectivity index (χ3v) is 9.61. The number of H-pyrrole nitrogens is 1. The summed E-state index contributed by atoms with van der Waals surface area (Å²) in [6.07, 6.45) is -10.4. The average Bonchev–Trinajstić information content (AvgIpc) is 3.74. The minimum atomic E-state index is -5.10. The lowest BCUT2D eigenvalue weighted by molar-refractivity contribution is -0.0619. The summed E-state index contributed by atoms with van der Waals surface area (Å²) in [5.41, 5.74) is 11.3. The van der Waals surface area contributed by atoms with Crippen LogP contribution < -0.4 is 17.0 Å². The first-order valence-electron chi connectivity index (χ1n) is 13.5. The van der Waals surface area contributed by atoms with Crippen molar-refractivity contribution in [1.82, 2.24) is 34.1 Å². The summed E-state index contributed by atoms with van der Waals surface area (Å²) in [6, 6.07) is 1.49. The van der Waals surface area contributed by atoms with Gasteiger partial charge >= 0.3 is 15.4 Å². The van der Waals surface area contributed by atoms with E-state index < -0.39 is 89.7 Å². The molecule has 7 rings (SSSR count). The molecule has 0 amide bonds. The van der Waals surface area contributed by atoms with Gasteiger partial charge in [-0.3, -0.25) is 37.0 Å². The zero-order valence-corrected chi connectivity index (χ0v) is 25.0. The number of ether oxygens (including phenoxy) is 3. The van der Waals surface area contributed by atoms with Gasteiger partial charge in [0.15, 0.2) is 35.4 Å². The minimum Gasteiger partial charge on any atom is -0.397 e. The Morgan fingerprint density at radius 1 is 0.957 bits per heavy atom. The number of halogens is 1. The van der Waals surface area contributed by atoms with Gasteiger partial charge < -0.3 is 40.6 Å². The van der Waals surface area contributed by atoms with Gasteiger partial charge in [0, 0.05) is 6.20 Å². The highest BCUT2D eigenvalue weighted by Crippen LogP contribution is 2.52. The lowest BCUT2D eigenvalue weighted by Crippen LogP contribution is -2.36. The number of hydrogen-bond acceptors (Lipinski definition) is 16. The number of anilines is 2. The highest BCUT2D eigenvalue weighted by molar-refractivity contribution is 7.52. The Morgan fingerprint density at radius 2 is 1.65 bits per heavy atom. The molecule has 3 saturated heterocycles.